The largest absolute Gasteiger partial charge is 0.443 e. The van der Waals surface area contributed by atoms with E-state index in [0.717, 1.165) is 81.9 Å². The Morgan fingerprint density at radius 1 is 0.262 bits per heavy atom. The summed E-state index contributed by atoms with van der Waals surface area (Å²) in [6.45, 7) is 115. The highest BCUT2D eigenvalue weighted by atomic mass is 32.1. The molecule has 0 aliphatic rings. The number of H-pyrrole nitrogens is 3. The quantitative estimate of drug-likeness (QED) is 0.128. The molecule has 818 valence electrons. The number of hydrogen-bond donors (Lipinski definition) is 3. The Kier molecular flexibility index (Phi) is 96.7. The van der Waals surface area contributed by atoms with Gasteiger partial charge in [-0.1, -0.05) is 512 Å². The normalized spacial score (nSPS) is 9.81. The van der Waals surface area contributed by atoms with Crippen LogP contribution in [0.3, 0.4) is 0 Å². The lowest BCUT2D eigenvalue weighted by Gasteiger charge is -2.05. The summed E-state index contributed by atoms with van der Waals surface area (Å²) in [5.74, 6) is 0. The minimum absolute atomic E-state index is 0. The van der Waals surface area contributed by atoms with Crippen molar-refractivity contribution in [2.24, 2.45) is 48.7 Å². The van der Waals surface area contributed by atoms with E-state index in [4.69, 9.17) is 13.5 Å². The fourth-order valence-electron chi connectivity index (χ4n) is 7.23. The number of oxazole rings is 1. The van der Waals surface area contributed by atoms with E-state index in [1.807, 2.05) is 343 Å². The molecule has 0 amide bonds. The highest BCUT2D eigenvalue weighted by Crippen LogP contribution is 2.21. The third kappa shape index (κ3) is 113. The van der Waals surface area contributed by atoms with Crippen molar-refractivity contribution in [3.8, 4) is 0 Å². The zero-order valence-electron chi connectivity index (χ0n) is 101. The molecular weight excluding hydrogens is 1840 g/mol. The van der Waals surface area contributed by atoms with Crippen LogP contribution in [0.4, 0.5) is 0 Å². The van der Waals surface area contributed by atoms with Crippen LogP contribution < -0.4 is 0 Å². The summed E-state index contributed by atoms with van der Waals surface area (Å²) in [7, 11) is 0. The fourth-order valence-corrected chi connectivity index (χ4v) is 9.11. The van der Waals surface area contributed by atoms with E-state index in [-0.39, 0.29) is 7.43 Å². The van der Waals surface area contributed by atoms with Crippen LogP contribution in [0.5, 0.6) is 0 Å². The van der Waals surface area contributed by atoms with E-state index < -0.39 is 0 Å². The summed E-state index contributed by atoms with van der Waals surface area (Å²) in [4.78, 5) is 15.2. The maximum Gasteiger partial charge on any atom is 0.187 e. The summed E-state index contributed by atoms with van der Waals surface area (Å²) < 4.78 is 26.1. The average Bonchev–Trinajstić information content (AvgIpc) is 1.81. The van der Waals surface area contributed by atoms with E-state index in [2.05, 4.69) is 342 Å². The van der Waals surface area contributed by atoms with Crippen molar-refractivity contribution in [3.05, 3.63) is 255 Å². The monoisotopic (exact) mass is 2050 g/mol. The summed E-state index contributed by atoms with van der Waals surface area (Å²) in [6.07, 6.45) is 8.56. The Morgan fingerprint density at radius 3 is 0.993 bits per heavy atom. The zero-order chi connectivity index (χ0) is 113. The molecule has 0 spiro atoms. The van der Waals surface area contributed by atoms with Gasteiger partial charge < -0.3 is 18.4 Å². The van der Waals surface area contributed by atoms with Gasteiger partial charge in [-0.3, -0.25) is 5.10 Å². The molecule has 18 rings (SSSR count). The molecule has 0 radical (unpaired) electrons. The molecule has 0 fully saturated rings. The van der Waals surface area contributed by atoms with E-state index in [1.165, 1.54) is 44.2 Å². The lowest BCUT2D eigenvalue weighted by Crippen LogP contribution is -1.93. The number of benzene rings is 9. The van der Waals surface area contributed by atoms with Gasteiger partial charge >= 0.3 is 0 Å². The summed E-state index contributed by atoms with van der Waals surface area (Å²) in [5.41, 5.74) is 17.6. The van der Waals surface area contributed by atoms with Crippen molar-refractivity contribution in [2.45, 2.75) is 381 Å². The van der Waals surface area contributed by atoms with Gasteiger partial charge in [0.25, 0.3) is 0 Å². The number of aromatic nitrogens is 15. The minimum atomic E-state index is 0. The van der Waals surface area contributed by atoms with Gasteiger partial charge in [-0.05, 0) is 169 Å². The number of fused-ring (bicyclic) bond motifs is 9. The van der Waals surface area contributed by atoms with Gasteiger partial charge in [0, 0.05) is 27.6 Å². The van der Waals surface area contributed by atoms with Crippen LogP contribution in [-0.4, -0.2) is 75.0 Å². The topological polar surface area (TPSA) is 241 Å². The van der Waals surface area contributed by atoms with E-state index >= 15 is 0 Å². The van der Waals surface area contributed by atoms with Gasteiger partial charge in [0.1, 0.15) is 27.6 Å². The summed E-state index contributed by atoms with van der Waals surface area (Å²) in [5, 5.41) is 35.1. The molecule has 18 aromatic rings. The molecular formula is C124H211N15O3S3. The van der Waals surface area contributed by atoms with Gasteiger partial charge in [-0.2, -0.15) is 24.9 Å². The van der Waals surface area contributed by atoms with Gasteiger partial charge in [0.15, 0.2) is 23.1 Å². The second-order valence-corrected chi connectivity index (χ2v) is 46.0. The van der Waals surface area contributed by atoms with E-state index in [1.54, 1.807) is 23.9 Å². The van der Waals surface area contributed by atoms with Crippen LogP contribution in [0.1, 0.15) is 381 Å². The first-order valence-electron chi connectivity index (χ1n) is 51.7. The Labute approximate surface area is 898 Å². The Hall–Kier alpha value is -10.7. The smallest absolute Gasteiger partial charge is 0.187 e. The molecule has 9 heterocycles. The Bertz CT molecular complexity index is 4260. The number of nitrogens with zero attached hydrogens (tertiary/aromatic N) is 12. The molecule has 0 bridgehead atoms. The molecule has 9 aromatic heterocycles. The Balaban J connectivity index is -0.000000166. The molecule has 145 heavy (non-hydrogen) atoms. The maximum absolute atomic E-state index is 5.01. The summed E-state index contributed by atoms with van der Waals surface area (Å²) in [6, 6.07) is 70.8. The predicted octanol–water partition coefficient (Wildman–Crippen LogP) is 43.6. The maximum atomic E-state index is 5.01. The minimum Gasteiger partial charge on any atom is -0.443 e. The molecule has 0 aliphatic heterocycles. The second-order valence-electron chi connectivity index (χ2n) is 43.5. The molecule has 18 nitrogen and oxygen atoms in total. The van der Waals surface area contributed by atoms with Gasteiger partial charge in [0.05, 0.1) is 60.4 Å². The fraction of sp³-hybridized carbons (Fsp3) is 0.516. The van der Waals surface area contributed by atoms with Crippen LogP contribution in [-0.2, 0) is 0 Å². The lowest BCUT2D eigenvalue weighted by molar-refractivity contribution is 0.424. The van der Waals surface area contributed by atoms with Crippen molar-refractivity contribution in [3.63, 3.8) is 0 Å². The number of rotatable bonds is 0. The lowest BCUT2D eigenvalue weighted by atomic mass is 10.0. The van der Waals surface area contributed by atoms with Crippen molar-refractivity contribution < 1.29 is 13.5 Å². The molecule has 21 heteroatoms. The van der Waals surface area contributed by atoms with Crippen LogP contribution >= 0.6 is 34.4 Å². The number of aromatic amines is 3. The van der Waals surface area contributed by atoms with Gasteiger partial charge in [-0.25, -0.2) is 15.0 Å². The third-order valence-corrected chi connectivity index (χ3v) is 13.5. The van der Waals surface area contributed by atoms with Crippen molar-refractivity contribution in [1.29, 1.82) is 0 Å². The molecule has 0 saturated heterocycles. The number of hydrogen-bond acceptors (Lipinski definition) is 18. The van der Waals surface area contributed by atoms with Crippen molar-refractivity contribution in [1.82, 2.24) is 75.0 Å². The first kappa shape index (κ1) is 154. The highest BCUT2D eigenvalue weighted by molar-refractivity contribution is 7.16. The van der Waals surface area contributed by atoms with E-state index in [0.29, 0.717) is 48.7 Å². The SMILES string of the molecule is C.CC.CC.CC.CC.CC.CC.CC.CC.CC.CC(C)(C)C.CC(C)(C)C.CC(C)(C)C.CC(C)(C)C.CC(C)(C)C.CC(C)(C)C.CC(C)(C)C.CC(C)(C)C.CC(C)(C)C.c1ccc2[nH]cnc2c1.c1ccc2[nH]ncc2c1.c1ccc2n[nH]nc2c1.c1ccc2ocnc2c1.c1ccc2oncc2c1.c1ccc2onnc2c1.c1ccc2scnc2c1.c1ccc2sncc2c1.c1ccc2snnc2c1. The number of imidazole rings is 1. The first-order valence-corrected chi connectivity index (χ1v) is 54.1. The summed E-state index contributed by atoms with van der Waals surface area (Å²) >= 11 is 4.64. The zero-order valence-corrected chi connectivity index (χ0v) is 104. The van der Waals surface area contributed by atoms with Gasteiger partial charge in [0.2, 0.25) is 0 Å². The van der Waals surface area contributed by atoms with Crippen molar-refractivity contribution in [2.75, 3.05) is 0 Å². The number of thiazole rings is 1. The molecule has 9 aromatic carbocycles. The van der Waals surface area contributed by atoms with Crippen molar-refractivity contribution >= 4 is 131 Å². The van der Waals surface area contributed by atoms with Gasteiger partial charge in [-0.15, -0.1) is 21.5 Å². The molecule has 3 N–H and O–H groups in total. The number of para-hydroxylation sites is 10. The molecule has 0 unspecified atom stereocenters. The first-order chi connectivity index (χ1) is 67.2. The second kappa shape index (κ2) is 90.8. The molecule has 0 atom stereocenters. The van der Waals surface area contributed by atoms with Crippen LogP contribution in [0.15, 0.2) is 269 Å². The Morgan fingerprint density at radius 2 is 0.600 bits per heavy atom. The van der Waals surface area contributed by atoms with E-state index in [9.17, 15) is 0 Å². The third-order valence-electron chi connectivity index (χ3n) is 11.2. The van der Waals surface area contributed by atoms with Crippen LogP contribution in [0, 0.1) is 48.7 Å². The van der Waals surface area contributed by atoms with Crippen LogP contribution in [0.25, 0.3) is 96.7 Å². The van der Waals surface area contributed by atoms with Crippen LogP contribution in [0.2, 0.25) is 0 Å². The molecule has 0 aliphatic carbocycles. The average molecular weight is 2060 g/mol. The standard InChI is InChI=1S/2C7H6N2.2C7H5NO.2C7H5NS.C6H5N3.C6H4N2O.C6H4N2S.9C5H12.9C2H6.CH4/c1-2-4-7-6(3-1)8-5-9-7;1-2-4-7-6(3-1)5-8-9-7;1-2-4-7-6(3-1)8-5-9-7;1-2-4-7-6(3-1)5-8-9-7;1-2-4-7-6(3-1)8-5-9-7;1-2-4-7-6(3-1)5-8-9-7;1-2-4-6-5(3-1)7-9-8-6;2*1-2-4-6-5(3-1)7-8-9-6;9*1-5(2,3)4;9*1-2;/h2*1-5H,(H,8,9);4*1-5H;1-4H,(H,7,8,9);2*1-4H;9*1-4H3;9*1-2H3;1H4. The number of nitrogens with one attached hydrogen (secondary N) is 3. The predicted molar refractivity (Wildman–Crippen MR) is 658 cm³/mol. The highest BCUT2D eigenvalue weighted by Gasteiger charge is 2.03. The molecule has 0 saturated carbocycles.